The van der Waals surface area contributed by atoms with Crippen LogP contribution < -0.4 is 5.73 Å². The van der Waals surface area contributed by atoms with Crippen molar-refractivity contribution in [3.8, 4) is 0 Å². The Hall–Kier alpha value is -1.88. The van der Waals surface area contributed by atoms with E-state index in [1.54, 1.807) is 0 Å². The SMILES string of the molecule is NCc1ccccc1CC(=O)N(CC(=O)O)C1CCCC1. The summed E-state index contributed by atoms with van der Waals surface area (Å²) in [5.41, 5.74) is 7.51. The van der Waals surface area contributed by atoms with E-state index in [9.17, 15) is 9.59 Å². The zero-order valence-electron chi connectivity index (χ0n) is 12.1. The smallest absolute Gasteiger partial charge is 0.323 e. The van der Waals surface area contributed by atoms with Gasteiger partial charge in [0.15, 0.2) is 0 Å². The van der Waals surface area contributed by atoms with Gasteiger partial charge in [0, 0.05) is 12.6 Å². The third kappa shape index (κ3) is 4.04. The van der Waals surface area contributed by atoms with Crippen molar-refractivity contribution in [1.29, 1.82) is 0 Å². The first-order valence-corrected chi connectivity index (χ1v) is 7.40. The molecule has 0 bridgehead atoms. The lowest BCUT2D eigenvalue weighted by molar-refractivity contribution is -0.145. The van der Waals surface area contributed by atoms with Gasteiger partial charge in [0.2, 0.25) is 5.91 Å². The Morgan fingerprint density at radius 2 is 1.81 bits per heavy atom. The highest BCUT2D eigenvalue weighted by Gasteiger charge is 2.28. The number of carbonyl (C=O) groups excluding carboxylic acids is 1. The molecule has 1 fully saturated rings. The normalized spacial score (nSPS) is 15.1. The number of carbonyl (C=O) groups is 2. The van der Waals surface area contributed by atoms with Crippen molar-refractivity contribution >= 4 is 11.9 Å². The summed E-state index contributed by atoms with van der Waals surface area (Å²) < 4.78 is 0. The molecule has 0 aliphatic heterocycles. The standard InChI is InChI=1S/C16H22N2O3/c17-10-13-6-2-1-5-12(13)9-15(19)18(11-16(20)21)14-7-3-4-8-14/h1-2,5-6,14H,3-4,7-11,17H2,(H,20,21). The lowest BCUT2D eigenvalue weighted by Gasteiger charge is -2.27. The summed E-state index contributed by atoms with van der Waals surface area (Å²) in [6.07, 6.45) is 4.15. The van der Waals surface area contributed by atoms with Crippen LogP contribution in [0.5, 0.6) is 0 Å². The van der Waals surface area contributed by atoms with Crippen LogP contribution in [0.3, 0.4) is 0 Å². The van der Waals surface area contributed by atoms with Crippen LogP contribution in [-0.4, -0.2) is 34.5 Å². The van der Waals surface area contributed by atoms with Crippen LogP contribution in [0.2, 0.25) is 0 Å². The van der Waals surface area contributed by atoms with E-state index in [4.69, 9.17) is 10.8 Å². The van der Waals surface area contributed by atoms with Gasteiger partial charge in [-0.15, -0.1) is 0 Å². The van der Waals surface area contributed by atoms with Crippen molar-refractivity contribution in [1.82, 2.24) is 4.90 Å². The molecule has 0 heterocycles. The summed E-state index contributed by atoms with van der Waals surface area (Å²) in [7, 11) is 0. The largest absolute Gasteiger partial charge is 0.480 e. The number of nitrogens with zero attached hydrogens (tertiary/aromatic N) is 1. The summed E-state index contributed by atoms with van der Waals surface area (Å²) in [4.78, 5) is 25.1. The molecule has 114 valence electrons. The van der Waals surface area contributed by atoms with Crippen molar-refractivity contribution < 1.29 is 14.7 Å². The minimum Gasteiger partial charge on any atom is -0.480 e. The molecule has 1 aliphatic carbocycles. The molecule has 1 saturated carbocycles. The van der Waals surface area contributed by atoms with E-state index >= 15 is 0 Å². The molecule has 1 aliphatic rings. The van der Waals surface area contributed by atoms with Crippen molar-refractivity contribution in [2.75, 3.05) is 6.54 Å². The van der Waals surface area contributed by atoms with Gasteiger partial charge in [0.05, 0.1) is 6.42 Å². The number of carboxylic acid groups (broad SMARTS) is 1. The molecule has 21 heavy (non-hydrogen) atoms. The van der Waals surface area contributed by atoms with Gasteiger partial charge >= 0.3 is 5.97 Å². The number of hydrogen-bond donors (Lipinski definition) is 2. The molecule has 3 N–H and O–H groups in total. The Morgan fingerprint density at radius 3 is 2.38 bits per heavy atom. The number of hydrogen-bond acceptors (Lipinski definition) is 3. The topological polar surface area (TPSA) is 83.6 Å². The van der Waals surface area contributed by atoms with E-state index in [-0.39, 0.29) is 24.9 Å². The average molecular weight is 290 g/mol. The average Bonchev–Trinajstić information content (AvgIpc) is 2.99. The number of nitrogens with two attached hydrogens (primary N) is 1. The highest BCUT2D eigenvalue weighted by molar-refractivity contribution is 5.83. The van der Waals surface area contributed by atoms with Crippen molar-refractivity contribution in [2.45, 2.75) is 44.7 Å². The Balaban J connectivity index is 2.12. The monoisotopic (exact) mass is 290 g/mol. The summed E-state index contributed by atoms with van der Waals surface area (Å²) in [6, 6.07) is 7.62. The molecular weight excluding hydrogens is 268 g/mol. The van der Waals surface area contributed by atoms with Gasteiger partial charge in [-0.25, -0.2) is 0 Å². The zero-order valence-corrected chi connectivity index (χ0v) is 12.1. The minimum atomic E-state index is -0.956. The lowest BCUT2D eigenvalue weighted by atomic mass is 10.0. The van der Waals surface area contributed by atoms with Gasteiger partial charge in [-0.05, 0) is 24.0 Å². The van der Waals surface area contributed by atoms with Gasteiger partial charge in [-0.2, -0.15) is 0 Å². The number of benzene rings is 1. The number of aliphatic carboxylic acids is 1. The predicted molar refractivity (Wildman–Crippen MR) is 79.6 cm³/mol. The molecule has 5 heteroatoms. The highest BCUT2D eigenvalue weighted by atomic mass is 16.4. The fraction of sp³-hybridized carbons (Fsp3) is 0.500. The quantitative estimate of drug-likeness (QED) is 0.832. The number of rotatable bonds is 6. The van der Waals surface area contributed by atoms with E-state index in [1.165, 1.54) is 4.90 Å². The van der Waals surface area contributed by atoms with Gasteiger partial charge in [-0.1, -0.05) is 37.1 Å². The van der Waals surface area contributed by atoms with E-state index in [0.717, 1.165) is 36.8 Å². The highest BCUT2D eigenvalue weighted by Crippen LogP contribution is 2.24. The Bertz CT molecular complexity index is 510. The predicted octanol–water partition coefficient (Wildman–Crippen LogP) is 1.54. The summed E-state index contributed by atoms with van der Waals surface area (Å²) in [5.74, 6) is -1.08. The fourth-order valence-electron chi connectivity index (χ4n) is 2.98. The molecule has 1 amide bonds. The van der Waals surface area contributed by atoms with Crippen LogP contribution in [0.15, 0.2) is 24.3 Å². The number of amides is 1. The summed E-state index contributed by atoms with van der Waals surface area (Å²) in [5, 5.41) is 9.05. The van der Waals surface area contributed by atoms with Crippen molar-refractivity contribution in [3.63, 3.8) is 0 Å². The van der Waals surface area contributed by atoms with E-state index in [0.29, 0.717) is 6.54 Å². The molecule has 1 aromatic rings. The van der Waals surface area contributed by atoms with Crippen molar-refractivity contribution in [2.24, 2.45) is 5.73 Å². The molecule has 2 rings (SSSR count). The minimum absolute atomic E-state index is 0.0682. The molecule has 1 aromatic carbocycles. The maximum Gasteiger partial charge on any atom is 0.323 e. The number of carboxylic acids is 1. The third-order valence-corrected chi connectivity index (χ3v) is 4.07. The van der Waals surface area contributed by atoms with Gasteiger partial charge in [0.25, 0.3) is 0 Å². The summed E-state index contributed by atoms with van der Waals surface area (Å²) in [6.45, 7) is 0.167. The van der Waals surface area contributed by atoms with E-state index < -0.39 is 5.97 Å². The van der Waals surface area contributed by atoms with Crippen LogP contribution in [0.4, 0.5) is 0 Å². The van der Waals surface area contributed by atoms with Crippen LogP contribution in [0, 0.1) is 0 Å². The van der Waals surface area contributed by atoms with E-state index in [2.05, 4.69) is 0 Å². The lowest BCUT2D eigenvalue weighted by Crippen LogP contribution is -2.43. The van der Waals surface area contributed by atoms with Crippen molar-refractivity contribution in [3.05, 3.63) is 35.4 Å². The van der Waals surface area contributed by atoms with Crippen LogP contribution >= 0.6 is 0 Å². The second-order valence-corrected chi connectivity index (χ2v) is 5.50. The molecular formula is C16H22N2O3. The first-order chi connectivity index (χ1) is 10.1. The Morgan fingerprint density at radius 1 is 1.19 bits per heavy atom. The second-order valence-electron chi connectivity index (χ2n) is 5.50. The van der Waals surface area contributed by atoms with Gasteiger partial charge in [-0.3, -0.25) is 9.59 Å². The molecule has 0 unspecified atom stereocenters. The first kappa shape index (κ1) is 15.5. The van der Waals surface area contributed by atoms with Crippen LogP contribution in [0.25, 0.3) is 0 Å². The molecule has 5 nitrogen and oxygen atoms in total. The zero-order chi connectivity index (χ0) is 15.2. The Kier molecular flexibility index (Phi) is 5.33. The first-order valence-electron chi connectivity index (χ1n) is 7.40. The second kappa shape index (κ2) is 7.22. The van der Waals surface area contributed by atoms with Gasteiger partial charge in [0.1, 0.15) is 6.54 Å². The van der Waals surface area contributed by atoms with Gasteiger partial charge < -0.3 is 15.7 Å². The molecule has 0 spiro atoms. The molecule has 0 radical (unpaired) electrons. The maximum atomic E-state index is 12.5. The third-order valence-electron chi connectivity index (χ3n) is 4.07. The summed E-state index contributed by atoms with van der Waals surface area (Å²) >= 11 is 0. The van der Waals surface area contributed by atoms with Crippen LogP contribution in [-0.2, 0) is 22.6 Å². The molecule has 0 aromatic heterocycles. The molecule has 0 saturated heterocycles. The van der Waals surface area contributed by atoms with Crippen LogP contribution in [0.1, 0.15) is 36.8 Å². The maximum absolute atomic E-state index is 12.5. The van der Waals surface area contributed by atoms with E-state index in [1.807, 2.05) is 24.3 Å². The molecule has 0 atom stereocenters. The fourth-order valence-corrected chi connectivity index (χ4v) is 2.98. The Labute approximate surface area is 124 Å².